The maximum absolute atomic E-state index is 14.4. The summed E-state index contributed by atoms with van der Waals surface area (Å²) in [5, 5.41) is 9.22. The van der Waals surface area contributed by atoms with Crippen LogP contribution in [0.3, 0.4) is 0 Å². The van der Waals surface area contributed by atoms with Crippen LogP contribution in [0.15, 0.2) is 42.5 Å². The smallest absolute Gasteiger partial charge is 0.312 e. The van der Waals surface area contributed by atoms with Gasteiger partial charge in [-0.25, -0.2) is 0 Å². The third kappa shape index (κ3) is 4.30. The maximum Gasteiger partial charge on any atom is 0.312 e. The number of unbranched alkanes of at least 4 members (excludes halogenated alkanes) is 2. The van der Waals surface area contributed by atoms with Gasteiger partial charge in [0.05, 0.1) is 18.6 Å². The lowest BCUT2D eigenvalue weighted by Gasteiger charge is -2.36. The van der Waals surface area contributed by atoms with E-state index in [4.69, 9.17) is 9.47 Å². The topological polar surface area (TPSA) is 96.4 Å². The summed E-state index contributed by atoms with van der Waals surface area (Å²) in [6, 6.07) is 5.03. The van der Waals surface area contributed by atoms with Crippen LogP contribution in [0.5, 0.6) is 0 Å². The minimum Gasteiger partial charge on any atom is -0.465 e. The average molecular weight is 509 g/mol. The molecule has 0 saturated carbocycles. The molecule has 1 aromatic rings. The van der Waals surface area contributed by atoms with Gasteiger partial charge in [-0.05, 0) is 57.1 Å². The lowest BCUT2D eigenvalue weighted by Crippen LogP contribution is -2.55. The van der Waals surface area contributed by atoms with Gasteiger partial charge in [0.1, 0.15) is 17.6 Å². The number of aliphatic hydroxyl groups is 1. The highest BCUT2D eigenvalue weighted by Crippen LogP contribution is 2.53. The Bertz CT molecular complexity index is 1110. The van der Waals surface area contributed by atoms with E-state index in [9.17, 15) is 19.5 Å². The van der Waals surface area contributed by atoms with Crippen molar-refractivity contribution in [1.29, 1.82) is 0 Å². The SMILES string of the molecule is Cc1cccc(C)c1N1CC=C[C@]23O[C@H]4/C=C\CCCOC(=O)[C@H]4[C@H]2C(=O)N(CCCCCO)C3C1=O. The second-order valence-electron chi connectivity index (χ2n) is 10.5. The van der Waals surface area contributed by atoms with Gasteiger partial charge in [-0.15, -0.1) is 0 Å². The first-order valence-corrected chi connectivity index (χ1v) is 13.4. The predicted octanol–water partition coefficient (Wildman–Crippen LogP) is 2.84. The Morgan fingerprint density at radius 2 is 1.84 bits per heavy atom. The third-order valence-corrected chi connectivity index (χ3v) is 8.12. The summed E-state index contributed by atoms with van der Waals surface area (Å²) in [4.78, 5) is 45.2. The lowest BCUT2D eigenvalue weighted by atomic mass is 9.78. The van der Waals surface area contributed by atoms with Gasteiger partial charge in [-0.2, -0.15) is 0 Å². The molecule has 4 aliphatic rings. The van der Waals surface area contributed by atoms with Crippen molar-refractivity contribution < 1.29 is 29.0 Å². The standard InChI is InChI=1S/C29H36N2O6/c1-19-11-9-12-20(2)24(19)30-16-10-14-29-23(22-21(37-29)13-5-3-8-18-36-28(22)35)26(33)31(25(29)27(30)34)15-6-4-7-17-32/h5,9-14,21-23,25,32H,3-4,6-8,15-18H2,1-2H3/b13-5-/t21-,22+,23-,25?,29-/m0/s1. The van der Waals surface area contributed by atoms with Crippen LogP contribution in [0, 0.1) is 25.7 Å². The van der Waals surface area contributed by atoms with E-state index in [2.05, 4.69) is 0 Å². The summed E-state index contributed by atoms with van der Waals surface area (Å²) in [5.41, 5.74) is 1.54. The number of nitrogens with zero attached hydrogens (tertiary/aromatic N) is 2. The average Bonchev–Trinajstić information content (AvgIpc) is 3.28. The van der Waals surface area contributed by atoms with Gasteiger partial charge >= 0.3 is 5.97 Å². The van der Waals surface area contributed by atoms with Crippen molar-refractivity contribution in [1.82, 2.24) is 4.90 Å². The quantitative estimate of drug-likeness (QED) is 0.361. The number of carbonyl (C=O) groups excluding carboxylic acids is 3. The van der Waals surface area contributed by atoms with Crippen LogP contribution in [0.1, 0.15) is 43.2 Å². The number of carbonyl (C=O) groups is 3. The fourth-order valence-corrected chi connectivity index (χ4v) is 6.50. The van der Waals surface area contributed by atoms with Crippen LogP contribution in [0.2, 0.25) is 0 Å². The molecular formula is C29H36N2O6. The molecule has 4 aliphatic heterocycles. The van der Waals surface area contributed by atoms with Crippen molar-refractivity contribution in [3.63, 3.8) is 0 Å². The highest BCUT2D eigenvalue weighted by molar-refractivity contribution is 6.06. The van der Waals surface area contributed by atoms with E-state index in [-0.39, 0.29) is 18.4 Å². The van der Waals surface area contributed by atoms with E-state index in [0.29, 0.717) is 39.0 Å². The fraction of sp³-hybridized carbons (Fsp3) is 0.552. The van der Waals surface area contributed by atoms with Crippen LogP contribution >= 0.6 is 0 Å². The summed E-state index contributed by atoms with van der Waals surface area (Å²) in [6.45, 7) is 5.04. The second kappa shape index (κ2) is 10.4. The molecule has 0 aliphatic carbocycles. The van der Waals surface area contributed by atoms with Crippen LogP contribution in [-0.4, -0.2) is 71.8 Å². The molecule has 2 fully saturated rings. The molecule has 4 heterocycles. The number of hydrogen-bond donors (Lipinski definition) is 1. The van der Waals surface area contributed by atoms with Gasteiger partial charge in [-0.1, -0.05) is 42.5 Å². The number of fused-ring (bicyclic) bond motifs is 2. The minimum absolute atomic E-state index is 0.0803. The molecule has 0 aromatic heterocycles. The largest absolute Gasteiger partial charge is 0.465 e. The Hall–Kier alpha value is -2.97. The summed E-state index contributed by atoms with van der Waals surface area (Å²) >= 11 is 0. The van der Waals surface area contributed by atoms with Crippen molar-refractivity contribution >= 4 is 23.5 Å². The number of cyclic esters (lactones) is 1. The van der Waals surface area contributed by atoms with E-state index >= 15 is 0 Å². The maximum atomic E-state index is 14.4. The number of anilines is 1. The minimum atomic E-state index is -1.26. The number of benzene rings is 1. The van der Waals surface area contributed by atoms with Gasteiger partial charge < -0.3 is 24.4 Å². The molecule has 1 spiro atoms. The van der Waals surface area contributed by atoms with Crippen LogP contribution in [0.4, 0.5) is 5.69 Å². The summed E-state index contributed by atoms with van der Waals surface area (Å²) in [6.07, 6.45) is 10.4. The Morgan fingerprint density at radius 3 is 2.59 bits per heavy atom. The molecule has 5 atom stereocenters. The van der Waals surface area contributed by atoms with Crippen molar-refractivity contribution in [3.05, 3.63) is 53.6 Å². The van der Waals surface area contributed by atoms with Gasteiger partial charge in [0.25, 0.3) is 5.91 Å². The Kier molecular flexibility index (Phi) is 7.23. The van der Waals surface area contributed by atoms with E-state index in [0.717, 1.165) is 29.7 Å². The number of esters is 1. The molecule has 1 N–H and O–H groups in total. The number of amides is 2. The number of aliphatic hydroxyl groups excluding tert-OH is 1. The normalized spacial score (nSPS) is 32.1. The number of rotatable bonds is 6. The van der Waals surface area contributed by atoms with Crippen molar-refractivity contribution in [3.8, 4) is 0 Å². The van der Waals surface area contributed by atoms with Crippen molar-refractivity contribution in [2.45, 2.75) is 63.7 Å². The van der Waals surface area contributed by atoms with E-state index in [1.54, 1.807) is 9.80 Å². The molecule has 1 unspecified atom stereocenters. The molecule has 198 valence electrons. The molecule has 2 amide bonds. The fourth-order valence-electron chi connectivity index (χ4n) is 6.50. The lowest BCUT2D eigenvalue weighted by molar-refractivity contribution is -0.154. The monoisotopic (exact) mass is 508 g/mol. The molecular weight excluding hydrogens is 472 g/mol. The highest BCUT2D eigenvalue weighted by atomic mass is 16.6. The molecule has 0 bridgehead atoms. The van der Waals surface area contributed by atoms with Gasteiger partial charge in [0.2, 0.25) is 5.91 Å². The summed E-state index contributed by atoms with van der Waals surface area (Å²) < 4.78 is 12.2. The Morgan fingerprint density at radius 1 is 1.05 bits per heavy atom. The van der Waals surface area contributed by atoms with Crippen molar-refractivity contribution in [2.75, 3.05) is 31.2 Å². The molecule has 5 rings (SSSR count). The van der Waals surface area contributed by atoms with E-state index in [1.165, 1.54) is 0 Å². The number of allylic oxidation sites excluding steroid dienone is 1. The number of likely N-dealkylation sites (tertiary alicyclic amines) is 1. The first-order chi connectivity index (χ1) is 17.9. The van der Waals surface area contributed by atoms with Crippen LogP contribution in [0.25, 0.3) is 0 Å². The predicted molar refractivity (Wildman–Crippen MR) is 138 cm³/mol. The molecule has 8 heteroatoms. The number of ether oxygens (including phenoxy) is 2. The molecule has 37 heavy (non-hydrogen) atoms. The molecule has 8 nitrogen and oxygen atoms in total. The van der Waals surface area contributed by atoms with Gasteiger partial charge in [0, 0.05) is 25.4 Å². The zero-order valence-electron chi connectivity index (χ0n) is 21.6. The van der Waals surface area contributed by atoms with E-state index in [1.807, 2.05) is 56.4 Å². The second-order valence-corrected chi connectivity index (χ2v) is 10.5. The number of para-hydroxylation sites is 1. The van der Waals surface area contributed by atoms with Gasteiger partial charge in [0.15, 0.2) is 0 Å². The first kappa shape index (κ1) is 25.7. The summed E-state index contributed by atoms with van der Waals surface area (Å²) in [7, 11) is 0. The Labute approximate surface area is 217 Å². The molecule has 2 saturated heterocycles. The van der Waals surface area contributed by atoms with Crippen LogP contribution in [-0.2, 0) is 23.9 Å². The summed E-state index contributed by atoms with van der Waals surface area (Å²) in [5.74, 6) is -2.54. The zero-order valence-corrected chi connectivity index (χ0v) is 21.6. The van der Waals surface area contributed by atoms with E-state index < -0.39 is 35.6 Å². The van der Waals surface area contributed by atoms with Crippen LogP contribution < -0.4 is 4.90 Å². The molecule has 0 radical (unpaired) electrons. The van der Waals surface area contributed by atoms with Gasteiger partial charge in [-0.3, -0.25) is 14.4 Å². The highest BCUT2D eigenvalue weighted by Gasteiger charge is 2.71. The van der Waals surface area contributed by atoms with Crippen molar-refractivity contribution in [2.24, 2.45) is 11.8 Å². The third-order valence-electron chi connectivity index (χ3n) is 8.12. The number of hydrogen-bond acceptors (Lipinski definition) is 6. The molecule has 1 aromatic carbocycles. The zero-order chi connectivity index (χ0) is 26.2. The number of aryl methyl sites for hydroxylation is 2. The first-order valence-electron chi connectivity index (χ1n) is 13.4. The Balaban J connectivity index is 1.59.